The molecule has 1 rings (SSSR count). The van der Waals surface area contributed by atoms with Gasteiger partial charge in [0.2, 0.25) is 0 Å². The Balaban J connectivity index is 2.24. The van der Waals surface area contributed by atoms with E-state index >= 15 is 0 Å². The standard InChI is InChI=1S/C21H34F2O3/c1-2-3-4-5-6-9-12-18(21(24,25)26)13-10-7-8-11-17-14-19(22)16-20(23)15-17/h14-16,18,24-26H,2-13H2,1H3. The van der Waals surface area contributed by atoms with E-state index in [4.69, 9.17) is 0 Å². The van der Waals surface area contributed by atoms with Crippen molar-refractivity contribution >= 4 is 0 Å². The van der Waals surface area contributed by atoms with Gasteiger partial charge < -0.3 is 15.3 Å². The summed E-state index contributed by atoms with van der Waals surface area (Å²) in [7, 11) is 0. The summed E-state index contributed by atoms with van der Waals surface area (Å²) in [6.45, 7) is 2.17. The SMILES string of the molecule is CCCCCCCCC(CCCCCc1cc(F)cc(F)c1)C(O)(O)O. The Kier molecular flexibility index (Phi) is 10.9. The lowest BCUT2D eigenvalue weighted by Crippen LogP contribution is -2.37. The number of rotatable bonds is 14. The molecule has 0 aliphatic heterocycles. The topological polar surface area (TPSA) is 60.7 Å². The maximum atomic E-state index is 13.1. The molecular weight excluding hydrogens is 338 g/mol. The Bertz CT molecular complexity index is 480. The van der Waals surface area contributed by atoms with Crippen LogP contribution in [-0.2, 0) is 6.42 Å². The summed E-state index contributed by atoms with van der Waals surface area (Å²) in [4.78, 5) is 0. The minimum atomic E-state index is -2.63. The molecule has 1 atom stereocenters. The van der Waals surface area contributed by atoms with Crippen LogP contribution in [0, 0.1) is 17.6 Å². The van der Waals surface area contributed by atoms with E-state index in [1.165, 1.54) is 31.4 Å². The van der Waals surface area contributed by atoms with Gasteiger partial charge in [-0.3, -0.25) is 0 Å². The van der Waals surface area contributed by atoms with E-state index in [1.807, 2.05) is 0 Å². The zero-order chi connectivity index (χ0) is 19.4. The number of hydrogen-bond donors (Lipinski definition) is 3. The van der Waals surface area contributed by atoms with Gasteiger partial charge in [-0.15, -0.1) is 0 Å². The van der Waals surface area contributed by atoms with Gasteiger partial charge in [-0.1, -0.05) is 58.3 Å². The van der Waals surface area contributed by atoms with Crippen LogP contribution in [0.4, 0.5) is 8.78 Å². The fourth-order valence-corrected chi connectivity index (χ4v) is 3.35. The maximum Gasteiger partial charge on any atom is 0.278 e. The van der Waals surface area contributed by atoms with E-state index in [0.717, 1.165) is 44.6 Å². The van der Waals surface area contributed by atoms with Gasteiger partial charge in [-0.25, -0.2) is 8.78 Å². The second-order valence-corrected chi connectivity index (χ2v) is 7.32. The third-order valence-electron chi connectivity index (χ3n) is 4.89. The molecule has 1 unspecified atom stereocenters. The lowest BCUT2D eigenvalue weighted by atomic mass is 9.92. The number of benzene rings is 1. The van der Waals surface area contributed by atoms with Crippen LogP contribution in [0.5, 0.6) is 0 Å². The Morgan fingerprint density at radius 1 is 0.769 bits per heavy atom. The fourth-order valence-electron chi connectivity index (χ4n) is 3.35. The smallest absolute Gasteiger partial charge is 0.278 e. The van der Waals surface area contributed by atoms with Crippen molar-refractivity contribution in [1.82, 2.24) is 0 Å². The zero-order valence-electron chi connectivity index (χ0n) is 15.9. The van der Waals surface area contributed by atoms with E-state index < -0.39 is 23.5 Å². The Morgan fingerprint density at radius 3 is 1.81 bits per heavy atom. The molecule has 0 aliphatic carbocycles. The molecule has 0 aromatic heterocycles. The second kappa shape index (κ2) is 12.4. The van der Waals surface area contributed by atoms with Gasteiger partial charge in [0.25, 0.3) is 5.97 Å². The molecule has 0 aliphatic rings. The molecule has 0 heterocycles. The number of aryl methyl sites for hydroxylation is 1. The van der Waals surface area contributed by atoms with Crippen LogP contribution in [0.3, 0.4) is 0 Å². The van der Waals surface area contributed by atoms with Gasteiger partial charge in [-0.05, 0) is 43.4 Å². The Morgan fingerprint density at radius 2 is 1.27 bits per heavy atom. The summed E-state index contributed by atoms with van der Waals surface area (Å²) >= 11 is 0. The fraction of sp³-hybridized carbons (Fsp3) is 0.714. The van der Waals surface area contributed by atoms with Crippen molar-refractivity contribution in [3.8, 4) is 0 Å². The largest absolute Gasteiger partial charge is 0.343 e. The normalized spacial score (nSPS) is 13.2. The van der Waals surface area contributed by atoms with Gasteiger partial charge in [0, 0.05) is 12.0 Å². The lowest BCUT2D eigenvalue weighted by Gasteiger charge is -2.26. The van der Waals surface area contributed by atoms with Crippen molar-refractivity contribution in [1.29, 1.82) is 0 Å². The molecule has 26 heavy (non-hydrogen) atoms. The van der Waals surface area contributed by atoms with Crippen LogP contribution in [0.1, 0.15) is 83.1 Å². The molecule has 0 fully saturated rings. The molecule has 0 saturated heterocycles. The molecule has 3 N–H and O–H groups in total. The summed E-state index contributed by atoms with van der Waals surface area (Å²) in [5, 5.41) is 28.6. The number of halogens is 2. The van der Waals surface area contributed by atoms with Gasteiger partial charge in [0.1, 0.15) is 11.6 Å². The second-order valence-electron chi connectivity index (χ2n) is 7.32. The molecule has 0 amide bonds. The molecule has 150 valence electrons. The van der Waals surface area contributed by atoms with Crippen LogP contribution in [0.15, 0.2) is 18.2 Å². The summed E-state index contributed by atoms with van der Waals surface area (Å²) in [6, 6.07) is 3.54. The quantitative estimate of drug-likeness (QED) is 0.316. The van der Waals surface area contributed by atoms with E-state index in [1.54, 1.807) is 0 Å². The van der Waals surface area contributed by atoms with Crippen LogP contribution in [-0.4, -0.2) is 21.3 Å². The van der Waals surface area contributed by atoms with Gasteiger partial charge in [0.05, 0.1) is 0 Å². The summed E-state index contributed by atoms with van der Waals surface area (Å²) < 4.78 is 26.3. The van der Waals surface area contributed by atoms with E-state index in [2.05, 4.69) is 6.92 Å². The van der Waals surface area contributed by atoms with Crippen molar-refractivity contribution in [2.75, 3.05) is 0 Å². The first-order valence-corrected chi connectivity index (χ1v) is 9.95. The summed E-state index contributed by atoms with van der Waals surface area (Å²) in [5.74, 6) is -4.32. The minimum Gasteiger partial charge on any atom is -0.343 e. The highest BCUT2D eigenvalue weighted by Crippen LogP contribution is 2.26. The van der Waals surface area contributed by atoms with Gasteiger partial charge >= 0.3 is 0 Å². The van der Waals surface area contributed by atoms with Crippen molar-refractivity contribution in [2.45, 2.75) is 89.9 Å². The molecule has 0 bridgehead atoms. The van der Waals surface area contributed by atoms with Crippen molar-refractivity contribution in [3.63, 3.8) is 0 Å². The van der Waals surface area contributed by atoms with Crippen LogP contribution in [0.2, 0.25) is 0 Å². The molecule has 0 saturated carbocycles. The predicted molar refractivity (Wildman–Crippen MR) is 99.4 cm³/mol. The number of unbranched alkanes of at least 4 members (excludes halogenated alkanes) is 7. The molecule has 1 aromatic rings. The van der Waals surface area contributed by atoms with Crippen molar-refractivity contribution in [2.24, 2.45) is 5.92 Å². The highest BCUT2D eigenvalue weighted by Gasteiger charge is 2.30. The van der Waals surface area contributed by atoms with Gasteiger partial charge in [-0.2, -0.15) is 0 Å². The minimum absolute atomic E-state index is 0.524. The third kappa shape index (κ3) is 10.2. The Hall–Kier alpha value is -1.04. The average molecular weight is 372 g/mol. The molecular formula is C21H34F2O3. The van der Waals surface area contributed by atoms with E-state index in [0.29, 0.717) is 24.8 Å². The highest BCUT2D eigenvalue weighted by atomic mass is 19.1. The van der Waals surface area contributed by atoms with E-state index in [9.17, 15) is 24.1 Å². The summed E-state index contributed by atoms with van der Waals surface area (Å²) in [6.07, 6.45) is 10.7. The first-order chi connectivity index (χ1) is 12.3. The van der Waals surface area contributed by atoms with Crippen LogP contribution in [0.25, 0.3) is 0 Å². The predicted octanol–water partition coefficient (Wildman–Crippen LogP) is 5.07. The van der Waals surface area contributed by atoms with Crippen LogP contribution >= 0.6 is 0 Å². The lowest BCUT2D eigenvalue weighted by molar-refractivity contribution is -0.344. The molecule has 3 nitrogen and oxygen atoms in total. The highest BCUT2D eigenvalue weighted by molar-refractivity contribution is 5.17. The first-order valence-electron chi connectivity index (χ1n) is 9.95. The maximum absolute atomic E-state index is 13.1. The number of aliphatic hydroxyl groups is 3. The molecule has 0 radical (unpaired) electrons. The van der Waals surface area contributed by atoms with Crippen molar-refractivity contribution in [3.05, 3.63) is 35.4 Å². The molecule has 0 spiro atoms. The molecule has 5 heteroatoms. The third-order valence-corrected chi connectivity index (χ3v) is 4.89. The van der Waals surface area contributed by atoms with Crippen molar-refractivity contribution < 1.29 is 24.1 Å². The van der Waals surface area contributed by atoms with Crippen LogP contribution < -0.4 is 0 Å². The number of hydrogen-bond acceptors (Lipinski definition) is 3. The summed E-state index contributed by atoms with van der Waals surface area (Å²) in [5.41, 5.74) is 0.631. The first kappa shape index (κ1) is 23.0. The van der Waals surface area contributed by atoms with E-state index in [-0.39, 0.29) is 0 Å². The monoisotopic (exact) mass is 372 g/mol. The molecule has 1 aromatic carbocycles. The van der Waals surface area contributed by atoms with Gasteiger partial charge in [0.15, 0.2) is 0 Å². The Labute approximate surface area is 156 Å². The average Bonchev–Trinajstić information content (AvgIpc) is 2.53. The zero-order valence-corrected chi connectivity index (χ0v) is 15.9.